The monoisotopic (exact) mass is 131 g/mol. The first-order valence-corrected chi connectivity index (χ1v) is 2.28. The van der Waals surface area contributed by atoms with E-state index in [1.165, 1.54) is 0 Å². The molecular formula is C5H7O4-. The number of hydrogen-bond donors (Lipinski definition) is 2. The van der Waals surface area contributed by atoms with Crippen LogP contribution >= 0.6 is 0 Å². The number of aliphatic carboxylic acids is 1. The van der Waals surface area contributed by atoms with E-state index in [9.17, 15) is 9.90 Å². The summed E-state index contributed by atoms with van der Waals surface area (Å²) in [7, 11) is 0. The summed E-state index contributed by atoms with van der Waals surface area (Å²) in [6.45, 7) is 2.31. The summed E-state index contributed by atoms with van der Waals surface area (Å²) in [5.74, 6) is -1.54. The number of aliphatic hydroxyl groups excluding tert-OH is 2. The largest absolute Gasteiger partial charge is 0.545 e. The molecule has 0 saturated heterocycles. The van der Waals surface area contributed by atoms with Crippen molar-refractivity contribution in [3.8, 4) is 0 Å². The van der Waals surface area contributed by atoms with Crippen LogP contribution in [0.4, 0.5) is 0 Å². The van der Waals surface area contributed by atoms with E-state index in [0.29, 0.717) is 0 Å². The minimum atomic E-state index is -1.54. The average Bonchev–Trinajstić information content (AvgIpc) is 1.84. The number of carboxylic acid groups (broad SMARTS) is 1. The Morgan fingerprint density at radius 3 is 2.33 bits per heavy atom. The number of carbonyl (C=O) groups is 1. The number of carbonyl (C=O) groups excluding carboxylic acids is 1. The van der Waals surface area contributed by atoms with Gasteiger partial charge in [-0.05, 0) is 5.57 Å². The second kappa shape index (κ2) is 3.21. The molecule has 9 heavy (non-hydrogen) atoms. The first-order valence-electron chi connectivity index (χ1n) is 2.28. The van der Waals surface area contributed by atoms with Gasteiger partial charge in [-0.25, -0.2) is 0 Å². The Morgan fingerprint density at radius 1 is 1.78 bits per heavy atom. The van der Waals surface area contributed by atoms with Gasteiger partial charge in [0.15, 0.2) is 0 Å². The molecule has 0 radical (unpaired) electrons. The third-order valence-electron chi connectivity index (χ3n) is 0.837. The van der Waals surface area contributed by atoms with Gasteiger partial charge in [0, 0.05) is 0 Å². The molecule has 1 unspecified atom stereocenters. The van der Waals surface area contributed by atoms with E-state index in [0.717, 1.165) is 0 Å². The van der Waals surface area contributed by atoms with E-state index >= 15 is 0 Å². The standard InChI is InChI=1S/C5H8O4/c1-3(5(8)9)4(7)2-6/h4,6-7H,1-2H2,(H,8,9)/p-1. The number of carboxylic acids is 1. The van der Waals surface area contributed by atoms with E-state index in [1.54, 1.807) is 0 Å². The normalized spacial score (nSPS) is 12.7. The Morgan fingerprint density at radius 2 is 2.22 bits per heavy atom. The van der Waals surface area contributed by atoms with E-state index in [-0.39, 0.29) is 0 Å². The molecule has 1 atom stereocenters. The van der Waals surface area contributed by atoms with Crippen molar-refractivity contribution in [1.29, 1.82) is 0 Å². The SMILES string of the molecule is C=C(C(=O)[O-])C(O)CO. The highest BCUT2D eigenvalue weighted by molar-refractivity contribution is 5.84. The van der Waals surface area contributed by atoms with Crippen LogP contribution in [0.2, 0.25) is 0 Å². The number of aliphatic hydroxyl groups is 2. The Bertz CT molecular complexity index is 129. The van der Waals surface area contributed by atoms with Gasteiger partial charge in [-0.1, -0.05) is 6.58 Å². The molecule has 0 aliphatic carbocycles. The van der Waals surface area contributed by atoms with E-state index < -0.39 is 24.3 Å². The highest BCUT2D eigenvalue weighted by atomic mass is 16.4. The minimum absolute atomic E-state index is 0.502. The van der Waals surface area contributed by atoms with Crippen LogP contribution in [0.5, 0.6) is 0 Å². The second-order valence-corrected chi connectivity index (χ2v) is 1.51. The predicted molar refractivity (Wildman–Crippen MR) is 27.2 cm³/mol. The Balaban J connectivity index is 3.88. The van der Waals surface area contributed by atoms with Crippen LogP contribution in [0, 0.1) is 0 Å². The lowest BCUT2D eigenvalue weighted by molar-refractivity contribution is -0.300. The van der Waals surface area contributed by atoms with Gasteiger partial charge in [-0.3, -0.25) is 0 Å². The van der Waals surface area contributed by atoms with Gasteiger partial charge in [0.25, 0.3) is 0 Å². The third-order valence-corrected chi connectivity index (χ3v) is 0.837. The van der Waals surface area contributed by atoms with Crippen LogP contribution in [0.3, 0.4) is 0 Å². The van der Waals surface area contributed by atoms with Crippen LogP contribution in [-0.2, 0) is 4.79 Å². The van der Waals surface area contributed by atoms with Crippen molar-refractivity contribution in [3.63, 3.8) is 0 Å². The second-order valence-electron chi connectivity index (χ2n) is 1.51. The molecule has 2 N–H and O–H groups in total. The van der Waals surface area contributed by atoms with Gasteiger partial charge in [0.1, 0.15) is 6.10 Å². The molecule has 0 rings (SSSR count). The molecule has 0 fully saturated rings. The average molecular weight is 131 g/mol. The van der Waals surface area contributed by atoms with Crippen molar-refractivity contribution in [3.05, 3.63) is 12.2 Å². The summed E-state index contributed by atoms with van der Waals surface area (Å²) in [5.41, 5.74) is -0.502. The van der Waals surface area contributed by atoms with Gasteiger partial charge in [-0.2, -0.15) is 0 Å². The summed E-state index contributed by atoms with van der Waals surface area (Å²) in [6.07, 6.45) is -1.41. The highest BCUT2D eigenvalue weighted by Crippen LogP contribution is 1.94. The summed E-state index contributed by atoms with van der Waals surface area (Å²) in [5, 5.41) is 26.5. The summed E-state index contributed by atoms with van der Waals surface area (Å²) >= 11 is 0. The Kier molecular flexibility index (Phi) is 2.90. The number of hydrogen-bond acceptors (Lipinski definition) is 4. The van der Waals surface area contributed by atoms with E-state index in [1.807, 2.05) is 0 Å². The van der Waals surface area contributed by atoms with E-state index in [4.69, 9.17) is 10.2 Å². The summed E-state index contributed by atoms with van der Waals surface area (Å²) in [6, 6.07) is 0. The fourth-order valence-electron chi connectivity index (χ4n) is 0.246. The zero-order valence-corrected chi connectivity index (χ0v) is 4.70. The topological polar surface area (TPSA) is 80.6 Å². The Labute approximate surface area is 52.1 Å². The lowest BCUT2D eigenvalue weighted by atomic mass is 10.2. The molecule has 0 spiro atoms. The lowest BCUT2D eigenvalue weighted by Crippen LogP contribution is -2.31. The molecular weight excluding hydrogens is 124 g/mol. The van der Waals surface area contributed by atoms with Crippen molar-refractivity contribution in [2.45, 2.75) is 6.10 Å². The predicted octanol–water partition coefficient (Wildman–Crippen LogP) is -2.35. The molecule has 0 aliphatic heterocycles. The van der Waals surface area contributed by atoms with Gasteiger partial charge in [-0.15, -0.1) is 0 Å². The molecule has 0 bridgehead atoms. The van der Waals surface area contributed by atoms with Crippen LogP contribution in [-0.4, -0.2) is 28.9 Å². The molecule has 4 heteroatoms. The van der Waals surface area contributed by atoms with Crippen LogP contribution < -0.4 is 5.11 Å². The van der Waals surface area contributed by atoms with Crippen molar-refractivity contribution < 1.29 is 20.1 Å². The zero-order chi connectivity index (χ0) is 7.44. The van der Waals surface area contributed by atoms with Gasteiger partial charge < -0.3 is 20.1 Å². The summed E-state index contributed by atoms with van der Waals surface area (Å²) in [4.78, 5) is 9.82. The maximum atomic E-state index is 9.82. The third kappa shape index (κ3) is 2.25. The maximum absolute atomic E-state index is 9.82. The quantitative estimate of drug-likeness (QED) is 0.420. The van der Waals surface area contributed by atoms with Gasteiger partial charge in [0.2, 0.25) is 0 Å². The highest BCUT2D eigenvalue weighted by Gasteiger charge is 2.06. The molecule has 0 aliphatic rings. The van der Waals surface area contributed by atoms with Crippen molar-refractivity contribution in [2.75, 3.05) is 6.61 Å². The molecule has 0 heterocycles. The van der Waals surface area contributed by atoms with Crippen LogP contribution in [0.25, 0.3) is 0 Å². The Hall–Kier alpha value is -0.870. The summed E-state index contributed by atoms with van der Waals surface area (Å²) < 4.78 is 0. The first kappa shape index (κ1) is 8.13. The maximum Gasteiger partial charge on any atom is 0.103 e. The lowest BCUT2D eigenvalue weighted by Gasteiger charge is -2.10. The van der Waals surface area contributed by atoms with Crippen molar-refractivity contribution in [1.82, 2.24) is 0 Å². The first-order chi connectivity index (χ1) is 4.09. The molecule has 0 saturated carbocycles. The molecule has 0 aromatic heterocycles. The molecule has 52 valence electrons. The van der Waals surface area contributed by atoms with Gasteiger partial charge in [0.05, 0.1) is 12.6 Å². The zero-order valence-electron chi connectivity index (χ0n) is 4.70. The van der Waals surface area contributed by atoms with E-state index in [2.05, 4.69) is 6.58 Å². The van der Waals surface area contributed by atoms with Crippen LogP contribution in [0.15, 0.2) is 12.2 Å². The van der Waals surface area contributed by atoms with Gasteiger partial charge >= 0.3 is 0 Å². The van der Waals surface area contributed by atoms with Crippen LogP contribution in [0.1, 0.15) is 0 Å². The molecule has 0 amide bonds. The molecule has 0 aromatic carbocycles. The molecule has 4 nitrogen and oxygen atoms in total. The smallest absolute Gasteiger partial charge is 0.103 e. The van der Waals surface area contributed by atoms with Crippen molar-refractivity contribution >= 4 is 5.97 Å². The molecule has 0 aromatic rings. The van der Waals surface area contributed by atoms with Crippen molar-refractivity contribution in [2.24, 2.45) is 0 Å². The fourth-order valence-corrected chi connectivity index (χ4v) is 0.246. The fraction of sp³-hybridized carbons (Fsp3) is 0.400. The number of rotatable bonds is 3. The minimum Gasteiger partial charge on any atom is -0.545 e.